The Morgan fingerprint density at radius 2 is 1.64 bits per heavy atom. The number of aromatic nitrogens is 2. The van der Waals surface area contributed by atoms with E-state index in [9.17, 15) is 13.2 Å². The Morgan fingerprint density at radius 1 is 1.00 bits per heavy atom. The standard InChI is InChI=1S/C21H25N3O3S/c25-21(24-17-12-15-6-4-5-7-16(15)13-17)20-19(22-10-11-23-20)14-28(26,27)18-8-2-1-3-9-18/h4-7,10-11,17-18H,1-3,8-9,12-14H2,(H,24,25). The van der Waals surface area contributed by atoms with E-state index in [-0.39, 0.29) is 34.3 Å². The molecule has 6 nitrogen and oxygen atoms in total. The molecule has 4 rings (SSSR count). The summed E-state index contributed by atoms with van der Waals surface area (Å²) in [5, 5.41) is 2.68. The van der Waals surface area contributed by atoms with Gasteiger partial charge in [-0.25, -0.2) is 13.4 Å². The van der Waals surface area contributed by atoms with Crippen molar-refractivity contribution >= 4 is 15.7 Å². The van der Waals surface area contributed by atoms with Gasteiger partial charge < -0.3 is 5.32 Å². The SMILES string of the molecule is O=C(NC1Cc2ccccc2C1)c1nccnc1CS(=O)(=O)C1CCCCC1. The molecule has 0 unspecified atom stereocenters. The average molecular weight is 400 g/mol. The highest BCUT2D eigenvalue weighted by Crippen LogP contribution is 2.26. The summed E-state index contributed by atoms with van der Waals surface area (Å²) in [4.78, 5) is 21.2. The summed E-state index contributed by atoms with van der Waals surface area (Å²) >= 11 is 0. The van der Waals surface area contributed by atoms with E-state index in [2.05, 4.69) is 27.4 Å². The number of hydrogen-bond donors (Lipinski definition) is 1. The first-order valence-electron chi connectivity index (χ1n) is 9.92. The van der Waals surface area contributed by atoms with Gasteiger partial charge in [0.15, 0.2) is 15.5 Å². The van der Waals surface area contributed by atoms with E-state index in [1.807, 2.05) is 12.1 Å². The highest BCUT2D eigenvalue weighted by molar-refractivity contribution is 7.91. The maximum absolute atomic E-state index is 12.8. The molecule has 0 spiro atoms. The van der Waals surface area contributed by atoms with Crippen molar-refractivity contribution in [2.45, 2.75) is 62.0 Å². The molecule has 0 bridgehead atoms. The molecule has 7 heteroatoms. The molecule has 1 amide bonds. The second kappa shape index (κ2) is 7.99. The van der Waals surface area contributed by atoms with Gasteiger partial charge in [-0.2, -0.15) is 0 Å². The number of carbonyl (C=O) groups excluding carboxylic acids is 1. The zero-order chi connectivity index (χ0) is 19.6. The van der Waals surface area contributed by atoms with E-state index in [0.29, 0.717) is 12.8 Å². The molecular weight excluding hydrogens is 374 g/mol. The summed E-state index contributed by atoms with van der Waals surface area (Å²) in [5.74, 6) is -0.571. The first-order chi connectivity index (χ1) is 13.5. The van der Waals surface area contributed by atoms with Gasteiger partial charge in [-0.1, -0.05) is 43.5 Å². The number of rotatable bonds is 5. The van der Waals surface area contributed by atoms with E-state index in [1.54, 1.807) is 0 Å². The van der Waals surface area contributed by atoms with Crippen LogP contribution in [0.15, 0.2) is 36.7 Å². The number of hydrogen-bond acceptors (Lipinski definition) is 5. The molecule has 0 aliphatic heterocycles. The van der Waals surface area contributed by atoms with E-state index < -0.39 is 9.84 Å². The van der Waals surface area contributed by atoms with Crippen molar-refractivity contribution in [1.82, 2.24) is 15.3 Å². The number of fused-ring (bicyclic) bond motifs is 1. The summed E-state index contributed by atoms with van der Waals surface area (Å²) < 4.78 is 25.6. The molecule has 1 saturated carbocycles. The molecule has 0 saturated heterocycles. The highest BCUT2D eigenvalue weighted by Gasteiger charge is 2.30. The molecule has 1 aromatic heterocycles. The van der Waals surface area contributed by atoms with Crippen LogP contribution in [0.2, 0.25) is 0 Å². The van der Waals surface area contributed by atoms with Gasteiger partial charge in [0.25, 0.3) is 5.91 Å². The van der Waals surface area contributed by atoms with Crippen molar-refractivity contribution in [3.05, 3.63) is 59.2 Å². The van der Waals surface area contributed by atoms with Gasteiger partial charge in [0, 0.05) is 18.4 Å². The van der Waals surface area contributed by atoms with Crippen LogP contribution in [-0.4, -0.2) is 35.6 Å². The maximum Gasteiger partial charge on any atom is 0.272 e. The second-order valence-electron chi connectivity index (χ2n) is 7.77. The molecule has 2 aromatic rings. The summed E-state index contributed by atoms with van der Waals surface area (Å²) in [6, 6.07) is 8.15. The summed E-state index contributed by atoms with van der Waals surface area (Å²) in [7, 11) is -3.35. The highest BCUT2D eigenvalue weighted by atomic mass is 32.2. The van der Waals surface area contributed by atoms with Crippen LogP contribution in [-0.2, 0) is 28.4 Å². The van der Waals surface area contributed by atoms with E-state index >= 15 is 0 Å². The van der Waals surface area contributed by atoms with E-state index in [1.165, 1.54) is 23.5 Å². The third kappa shape index (κ3) is 4.09. The van der Waals surface area contributed by atoms with Gasteiger partial charge in [0.2, 0.25) is 0 Å². The Labute approximate surface area is 165 Å². The largest absolute Gasteiger partial charge is 0.347 e. The van der Waals surface area contributed by atoms with Crippen LogP contribution in [0.3, 0.4) is 0 Å². The molecule has 1 heterocycles. The van der Waals surface area contributed by atoms with Gasteiger partial charge in [-0.15, -0.1) is 0 Å². The lowest BCUT2D eigenvalue weighted by molar-refractivity contribution is 0.0932. The van der Waals surface area contributed by atoms with Crippen LogP contribution in [0.1, 0.15) is 59.4 Å². The number of carbonyl (C=O) groups is 1. The fraction of sp³-hybridized carbons (Fsp3) is 0.476. The molecule has 2 aliphatic carbocycles. The van der Waals surface area contributed by atoms with Crippen molar-refractivity contribution in [3.63, 3.8) is 0 Å². The lowest BCUT2D eigenvalue weighted by Crippen LogP contribution is -2.37. The molecule has 1 fully saturated rings. The normalized spacial score (nSPS) is 18.0. The molecule has 0 atom stereocenters. The van der Waals surface area contributed by atoms with Crippen LogP contribution >= 0.6 is 0 Å². The average Bonchev–Trinajstić information content (AvgIpc) is 3.11. The van der Waals surface area contributed by atoms with Gasteiger partial charge in [0.05, 0.1) is 16.7 Å². The number of nitrogens with zero attached hydrogens (tertiary/aromatic N) is 2. The Hall–Kier alpha value is -2.28. The van der Waals surface area contributed by atoms with Crippen LogP contribution in [0.4, 0.5) is 0 Å². The molecule has 1 aromatic carbocycles. The zero-order valence-electron chi connectivity index (χ0n) is 15.8. The van der Waals surface area contributed by atoms with Crippen molar-refractivity contribution in [3.8, 4) is 0 Å². The zero-order valence-corrected chi connectivity index (χ0v) is 16.6. The fourth-order valence-corrected chi connectivity index (χ4v) is 6.19. The number of benzene rings is 1. The van der Waals surface area contributed by atoms with Crippen molar-refractivity contribution in [2.24, 2.45) is 0 Å². The molecule has 2 aliphatic rings. The van der Waals surface area contributed by atoms with Gasteiger partial charge in [-0.05, 0) is 36.8 Å². The fourth-order valence-electron chi connectivity index (χ4n) is 4.31. The van der Waals surface area contributed by atoms with Crippen molar-refractivity contribution in [2.75, 3.05) is 0 Å². The third-order valence-corrected chi connectivity index (χ3v) is 7.94. The summed E-state index contributed by atoms with van der Waals surface area (Å²) in [5.41, 5.74) is 2.86. The Kier molecular flexibility index (Phi) is 5.44. The minimum absolute atomic E-state index is 0.00490. The maximum atomic E-state index is 12.8. The van der Waals surface area contributed by atoms with Crippen molar-refractivity contribution in [1.29, 1.82) is 0 Å². The minimum atomic E-state index is -3.35. The van der Waals surface area contributed by atoms with Crippen LogP contribution in [0, 0.1) is 0 Å². The monoisotopic (exact) mass is 399 g/mol. The quantitative estimate of drug-likeness (QED) is 0.835. The van der Waals surface area contributed by atoms with Crippen LogP contribution in [0.5, 0.6) is 0 Å². The van der Waals surface area contributed by atoms with E-state index in [0.717, 1.165) is 32.1 Å². The molecule has 28 heavy (non-hydrogen) atoms. The number of nitrogens with one attached hydrogen (secondary N) is 1. The van der Waals surface area contributed by atoms with E-state index in [4.69, 9.17) is 0 Å². The molecular formula is C21H25N3O3S. The Bertz CT molecular complexity index is 943. The lowest BCUT2D eigenvalue weighted by Gasteiger charge is -2.22. The molecule has 0 radical (unpaired) electrons. The summed E-state index contributed by atoms with van der Waals surface area (Å²) in [6.07, 6.45) is 8.82. The van der Waals surface area contributed by atoms with Crippen LogP contribution in [0.25, 0.3) is 0 Å². The lowest BCUT2D eigenvalue weighted by atomic mass is 10.0. The molecule has 148 valence electrons. The van der Waals surface area contributed by atoms with Gasteiger partial charge >= 0.3 is 0 Å². The summed E-state index contributed by atoms with van der Waals surface area (Å²) in [6.45, 7) is 0. The second-order valence-corrected chi connectivity index (χ2v) is 10.0. The predicted molar refractivity (Wildman–Crippen MR) is 107 cm³/mol. The first-order valence-corrected chi connectivity index (χ1v) is 11.6. The Morgan fingerprint density at radius 3 is 2.32 bits per heavy atom. The first kappa shape index (κ1) is 19.1. The predicted octanol–water partition coefficient (Wildman–Crippen LogP) is 2.62. The smallest absolute Gasteiger partial charge is 0.272 e. The Balaban J connectivity index is 1.47. The number of amides is 1. The van der Waals surface area contributed by atoms with Gasteiger partial charge in [-0.3, -0.25) is 9.78 Å². The topological polar surface area (TPSA) is 89.0 Å². The molecule has 1 N–H and O–H groups in total. The van der Waals surface area contributed by atoms with Crippen molar-refractivity contribution < 1.29 is 13.2 Å². The van der Waals surface area contributed by atoms with Crippen LogP contribution < -0.4 is 5.32 Å². The minimum Gasteiger partial charge on any atom is -0.347 e. The number of sulfone groups is 1. The third-order valence-electron chi connectivity index (χ3n) is 5.77. The van der Waals surface area contributed by atoms with Gasteiger partial charge in [0.1, 0.15) is 0 Å².